The predicted octanol–water partition coefficient (Wildman–Crippen LogP) is 2.16. The van der Waals surface area contributed by atoms with Crippen molar-refractivity contribution in [3.63, 3.8) is 0 Å². The minimum atomic E-state index is 0.718. The normalized spacial score (nSPS) is 8.44. The Balaban J connectivity index is 3.06. The van der Waals surface area contributed by atoms with Gasteiger partial charge in [-0.3, -0.25) is 0 Å². The molecule has 1 rings (SSSR count). The molecule has 0 saturated carbocycles. The molecule has 2 heteroatoms. The van der Waals surface area contributed by atoms with Crippen LogP contribution in [0.4, 0.5) is 0 Å². The van der Waals surface area contributed by atoms with E-state index in [1.807, 2.05) is 24.3 Å². The summed E-state index contributed by atoms with van der Waals surface area (Å²) in [7, 11) is 0. The van der Waals surface area contributed by atoms with Gasteiger partial charge in [-0.25, -0.2) is 0 Å². The lowest BCUT2D eigenvalue weighted by molar-refractivity contribution is 1.48. The molecule has 0 atom stereocenters. The summed E-state index contributed by atoms with van der Waals surface area (Å²) < 4.78 is 1.16. The third kappa shape index (κ3) is 1.68. The van der Waals surface area contributed by atoms with Crippen LogP contribution in [0.5, 0.6) is 0 Å². The van der Waals surface area contributed by atoms with E-state index in [0.29, 0.717) is 0 Å². The van der Waals surface area contributed by atoms with Crippen LogP contribution in [-0.4, -0.2) is 0 Å². The predicted molar refractivity (Wildman–Crippen MR) is 43.9 cm³/mol. The average molecular weight is 235 g/mol. The van der Waals surface area contributed by atoms with Gasteiger partial charge in [-0.1, -0.05) is 0 Å². The van der Waals surface area contributed by atoms with Gasteiger partial charge in [0.15, 0.2) is 0 Å². The summed E-state index contributed by atoms with van der Waals surface area (Å²) >= 11 is 2.20. The van der Waals surface area contributed by atoms with E-state index in [0.717, 1.165) is 9.13 Å². The van der Waals surface area contributed by atoms with Crippen LogP contribution in [0.2, 0.25) is 0 Å². The Labute approximate surface area is 67.5 Å². The highest BCUT2D eigenvalue weighted by Gasteiger charge is 1.86. The Hall–Kier alpha value is -0.560. The SMILES string of the molecule is N#C[13c]1[13cH][13cH][13c](I)[13cH][13cH]1. The van der Waals surface area contributed by atoms with Gasteiger partial charge in [0.2, 0.25) is 0 Å². The van der Waals surface area contributed by atoms with E-state index in [4.69, 9.17) is 5.26 Å². The molecular weight excluding hydrogens is 231 g/mol. The first kappa shape index (κ1) is 6.56. The van der Waals surface area contributed by atoms with Gasteiger partial charge in [0.25, 0.3) is 0 Å². The van der Waals surface area contributed by atoms with E-state index in [2.05, 4.69) is 28.7 Å². The molecule has 0 aliphatic carbocycles. The van der Waals surface area contributed by atoms with Crippen molar-refractivity contribution in [1.82, 2.24) is 0 Å². The molecule has 0 unspecified atom stereocenters. The number of rotatable bonds is 0. The van der Waals surface area contributed by atoms with Gasteiger partial charge in [0.05, 0.1) is 11.6 Å². The summed E-state index contributed by atoms with van der Waals surface area (Å²) in [6.45, 7) is 0. The van der Waals surface area contributed by atoms with Crippen LogP contribution in [0.15, 0.2) is 24.3 Å². The minimum Gasteiger partial charge on any atom is -0.192 e. The van der Waals surface area contributed by atoms with Gasteiger partial charge < -0.3 is 0 Å². The Morgan fingerprint density at radius 2 is 1.78 bits per heavy atom. The van der Waals surface area contributed by atoms with Crippen LogP contribution in [-0.2, 0) is 0 Å². The van der Waals surface area contributed by atoms with Crippen molar-refractivity contribution in [2.45, 2.75) is 0 Å². The summed E-state index contributed by atoms with van der Waals surface area (Å²) in [5.74, 6) is 0. The van der Waals surface area contributed by atoms with Crippen molar-refractivity contribution in [3.8, 4) is 6.07 Å². The molecule has 0 saturated heterocycles. The average Bonchev–Trinajstić information content (AvgIpc) is 1.90. The lowest BCUT2D eigenvalue weighted by Crippen LogP contribution is -1.72. The minimum absolute atomic E-state index is 0.718. The van der Waals surface area contributed by atoms with Crippen molar-refractivity contribution in [1.29, 1.82) is 5.26 Å². The fourth-order valence-corrected chi connectivity index (χ4v) is 0.884. The Kier molecular flexibility index (Phi) is 2.06. The summed E-state index contributed by atoms with van der Waals surface area (Å²) in [4.78, 5) is 0. The zero-order valence-electron chi connectivity index (χ0n) is 4.63. The molecule has 0 spiro atoms. The first-order valence-corrected chi connectivity index (χ1v) is 3.56. The quantitative estimate of drug-likeness (QED) is 0.632. The smallest absolute Gasteiger partial charge is 0.0991 e. The van der Waals surface area contributed by atoms with Gasteiger partial charge in [-0.05, 0) is 46.9 Å². The molecular formula is C7H4IN. The maximum Gasteiger partial charge on any atom is 0.0991 e. The van der Waals surface area contributed by atoms with Gasteiger partial charge >= 0.3 is 0 Å². The second-order valence-corrected chi connectivity index (χ2v) is 2.86. The molecule has 0 aromatic heterocycles. The molecule has 0 radical (unpaired) electrons. The van der Waals surface area contributed by atoms with Crippen molar-refractivity contribution >= 4 is 22.6 Å². The highest BCUT2D eigenvalue weighted by Crippen LogP contribution is 2.04. The number of hydrogen-bond donors (Lipinski definition) is 0. The van der Waals surface area contributed by atoms with E-state index < -0.39 is 0 Å². The maximum absolute atomic E-state index is 8.38. The second kappa shape index (κ2) is 2.83. The monoisotopic (exact) mass is 235 g/mol. The molecule has 1 aromatic rings. The van der Waals surface area contributed by atoms with Crippen molar-refractivity contribution in [2.75, 3.05) is 0 Å². The van der Waals surface area contributed by atoms with Gasteiger partial charge in [0.1, 0.15) is 0 Å². The molecule has 0 N–H and O–H groups in total. The third-order valence-corrected chi connectivity index (χ3v) is 1.69. The summed E-state index contributed by atoms with van der Waals surface area (Å²) in [5.41, 5.74) is 0.718. The first-order chi connectivity index (χ1) is 4.33. The van der Waals surface area contributed by atoms with Gasteiger partial charge in [-0.15, -0.1) is 0 Å². The first-order valence-electron chi connectivity index (χ1n) is 2.48. The number of halogens is 1. The molecule has 0 bridgehead atoms. The fourth-order valence-electron chi connectivity index (χ4n) is 0.524. The largest absolute Gasteiger partial charge is 0.192 e. The summed E-state index contributed by atoms with van der Waals surface area (Å²) in [6.07, 6.45) is 0. The summed E-state index contributed by atoms with van der Waals surface area (Å²) in [5, 5.41) is 8.38. The zero-order chi connectivity index (χ0) is 6.69. The van der Waals surface area contributed by atoms with E-state index in [1.165, 1.54) is 0 Å². The molecule has 44 valence electrons. The number of nitrogens with zero attached hydrogens (tertiary/aromatic N) is 1. The molecule has 9 heavy (non-hydrogen) atoms. The Morgan fingerprint density at radius 3 is 2.22 bits per heavy atom. The van der Waals surface area contributed by atoms with Gasteiger partial charge in [0, 0.05) is 3.57 Å². The van der Waals surface area contributed by atoms with Crippen LogP contribution >= 0.6 is 22.6 Å². The maximum atomic E-state index is 8.38. The van der Waals surface area contributed by atoms with Crippen LogP contribution < -0.4 is 0 Å². The molecule has 0 amide bonds. The van der Waals surface area contributed by atoms with Crippen molar-refractivity contribution < 1.29 is 0 Å². The van der Waals surface area contributed by atoms with Crippen LogP contribution in [0.25, 0.3) is 0 Å². The Morgan fingerprint density at radius 1 is 1.22 bits per heavy atom. The van der Waals surface area contributed by atoms with Crippen LogP contribution in [0.1, 0.15) is 5.56 Å². The third-order valence-electron chi connectivity index (χ3n) is 0.973. The van der Waals surface area contributed by atoms with E-state index >= 15 is 0 Å². The van der Waals surface area contributed by atoms with Crippen molar-refractivity contribution in [3.05, 3.63) is 33.4 Å². The Bertz CT molecular complexity index is 232. The number of nitriles is 1. The fraction of sp³-hybridized carbons (Fsp3) is 0. The lowest BCUT2D eigenvalue weighted by atomic mass is 11.0. The molecule has 1 aromatic carbocycles. The molecule has 1 nitrogen and oxygen atoms in total. The van der Waals surface area contributed by atoms with E-state index in [-0.39, 0.29) is 0 Å². The highest BCUT2D eigenvalue weighted by molar-refractivity contribution is 14.1. The van der Waals surface area contributed by atoms with E-state index in [9.17, 15) is 0 Å². The van der Waals surface area contributed by atoms with Crippen LogP contribution in [0.3, 0.4) is 0 Å². The molecule has 0 fully saturated rings. The second-order valence-electron chi connectivity index (χ2n) is 1.62. The van der Waals surface area contributed by atoms with Crippen molar-refractivity contribution in [2.24, 2.45) is 0 Å². The molecule has 0 aliphatic rings. The lowest BCUT2D eigenvalue weighted by Gasteiger charge is -1.86. The van der Waals surface area contributed by atoms with E-state index in [1.54, 1.807) is 0 Å². The van der Waals surface area contributed by atoms with Crippen LogP contribution in [0, 0.1) is 14.9 Å². The standard InChI is InChI=1S/C7H4IN/c8-7-3-1-6(5-9)2-4-7/h1-4H/i1+1,2+1,3+1,4+1,6+1,7+1. The summed E-state index contributed by atoms with van der Waals surface area (Å²) in [6, 6.07) is 9.50. The molecule has 0 aliphatic heterocycles. The molecule has 0 heterocycles. The zero-order valence-corrected chi connectivity index (χ0v) is 6.79. The number of benzene rings is 1. The number of hydrogen-bond acceptors (Lipinski definition) is 1. The highest BCUT2D eigenvalue weighted by atomic mass is 127. The topological polar surface area (TPSA) is 23.8 Å². The van der Waals surface area contributed by atoms with Gasteiger partial charge in [-0.2, -0.15) is 5.26 Å².